The minimum absolute atomic E-state index is 0.0175. The van der Waals surface area contributed by atoms with E-state index in [1.807, 2.05) is 15.8 Å². The van der Waals surface area contributed by atoms with E-state index in [2.05, 4.69) is 34.7 Å². The second-order valence-corrected chi connectivity index (χ2v) is 9.50. The maximum Gasteiger partial charge on any atom is 0.228 e. The monoisotopic (exact) mass is 477 g/mol. The van der Waals surface area contributed by atoms with E-state index in [0.717, 1.165) is 65.9 Å². The Morgan fingerprint density at radius 2 is 2.03 bits per heavy atom. The first kappa shape index (κ1) is 22.4. The third kappa shape index (κ3) is 3.95. The fourth-order valence-corrected chi connectivity index (χ4v) is 5.24. The maximum absolute atomic E-state index is 10.6. The number of aromatic nitrogens is 6. The zero-order valence-electron chi connectivity index (χ0n) is 19.9. The highest BCUT2D eigenvalue weighted by atomic mass is 16.5. The van der Waals surface area contributed by atoms with E-state index < -0.39 is 6.10 Å². The molecule has 0 bridgehead atoms. The van der Waals surface area contributed by atoms with Gasteiger partial charge in [0.1, 0.15) is 17.4 Å². The predicted octanol–water partition coefficient (Wildman–Crippen LogP) is 2.74. The summed E-state index contributed by atoms with van der Waals surface area (Å²) in [7, 11) is 0. The average molecular weight is 478 g/mol. The topological polar surface area (TPSA) is 114 Å². The summed E-state index contributed by atoms with van der Waals surface area (Å²) >= 11 is 0. The minimum atomic E-state index is -0.627. The molecular weight excluding hydrogens is 446 g/mol. The fourth-order valence-electron chi connectivity index (χ4n) is 5.24. The van der Waals surface area contributed by atoms with E-state index in [1.165, 1.54) is 0 Å². The zero-order valence-corrected chi connectivity index (χ0v) is 19.9. The number of fused-ring (bicyclic) bond motifs is 2. The number of nitrogens with zero attached hydrogens (tertiary/aromatic N) is 7. The Kier molecular flexibility index (Phi) is 5.87. The molecule has 1 aromatic carbocycles. The molecule has 0 spiro atoms. The van der Waals surface area contributed by atoms with Crippen molar-refractivity contribution in [2.24, 2.45) is 5.92 Å². The Hall–Kier alpha value is -3.08. The van der Waals surface area contributed by atoms with Gasteiger partial charge in [-0.1, -0.05) is 6.07 Å². The predicted molar refractivity (Wildman–Crippen MR) is 132 cm³/mol. The molecule has 10 nitrogen and oxygen atoms in total. The lowest BCUT2D eigenvalue weighted by Crippen LogP contribution is -2.45. The molecule has 4 aromatic rings. The van der Waals surface area contributed by atoms with Crippen LogP contribution in [0.1, 0.15) is 38.8 Å². The van der Waals surface area contributed by atoms with Gasteiger partial charge in [0, 0.05) is 44.3 Å². The van der Waals surface area contributed by atoms with Gasteiger partial charge >= 0.3 is 0 Å². The summed E-state index contributed by atoms with van der Waals surface area (Å²) in [5.41, 5.74) is 5.11. The number of β-amino-alcohol motifs (C(OH)–C–C–N with tert-alkyl or cyclic N) is 1. The third-order valence-electron chi connectivity index (χ3n) is 7.35. The molecule has 2 aliphatic heterocycles. The lowest BCUT2D eigenvalue weighted by molar-refractivity contribution is -0.0298. The van der Waals surface area contributed by atoms with Crippen molar-refractivity contribution in [1.29, 1.82) is 0 Å². The Morgan fingerprint density at radius 1 is 1.11 bits per heavy atom. The van der Waals surface area contributed by atoms with E-state index in [0.29, 0.717) is 25.5 Å². The number of aryl methyl sites for hydroxylation is 1. The van der Waals surface area contributed by atoms with Gasteiger partial charge in [0.05, 0.1) is 29.8 Å². The van der Waals surface area contributed by atoms with Crippen molar-refractivity contribution >= 4 is 28.1 Å². The molecule has 0 aliphatic carbocycles. The molecule has 6 rings (SSSR count). The number of rotatable bonds is 5. The number of piperidine rings is 1. The fraction of sp³-hybridized carbons (Fsp3) is 0.520. The van der Waals surface area contributed by atoms with Crippen molar-refractivity contribution in [2.75, 3.05) is 31.2 Å². The maximum atomic E-state index is 10.6. The molecule has 184 valence electrons. The smallest absolute Gasteiger partial charge is 0.228 e. The molecule has 2 saturated heterocycles. The molecule has 2 fully saturated rings. The second-order valence-electron chi connectivity index (χ2n) is 9.50. The Morgan fingerprint density at radius 3 is 2.80 bits per heavy atom. The Labute approximate surface area is 203 Å². The van der Waals surface area contributed by atoms with Gasteiger partial charge < -0.3 is 24.4 Å². The summed E-state index contributed by atoms with van der Waals surface area (Å²) in [6.45, 7) is 4.72. The molecular formula is C25H31N7O3. The normalized spacial score (nSPS) is 23.4. The van der Waals surface area contributed by atoms with Gasteiger partial charge in [-0.3, -0.25) is 4.57 Å². The van der Waals surface area contributed by atoms with Crippen LogP contribution in [0.2, 0.25) is 0 Å². The summed E-state index contributed by atoms with van der Waals surface area (Å²) in [5, 5.41) is 20.1. The summed E-state index contributed by atoms with van der Waals surface area (Å²) in [4.78, 5) is 21.2. The van der Waals surface area contributed by atoms with Gasteiger partial charge in [-0.25, -0.2) is 15.0 Å². The standard InChI is InChI=1S/C25H31N7O3/c1-2-30-14-26-18-11-16(6-7-19(18)30)22-23-24(32(15-27-23)21-5-3-4-10-35-21)29-25(28-22)31-9-8-17(13-33)20(34)12-31/h6-7,11,14-15,17,20-21,33-34H,2-5,8-10,12-13H2,1H3/t17-,20+,21?/m1/s1. The molecule has 2 N–H and O–H groups in total. The van der Waals surface area contributed by atoms with Gasteiger partial charge in [-0.05, 0) is 44.7 Å². The van der Waals surface area contributed by atoms with Crippen molar-refractivity contribution in [3.63, 3.8) is 0 Å². The first-order valence-electron chi connectivity index (χ1n) is 12.5. The highest BCUT2D eigenvalue weighted by Gasteiger charge is 2.30. The van der Waals surface area contributed by atoms with Gasteiger partial charge in [0.2, 0.25) is 5.95 Å². The molecule has 10 heteroatoms. The van der Waals surface area contributed by atoms with E-state index in [4.69, 9.17) is 19.7 Å². The van der Waals surface area contributed by atoms with Crippen LogP contribution in [0.5, 0.6) is 0 Å². The molecule has 2 aliphatic rings. The van der Waals surface area contributed by atoms with Crippen LogP contribution >= 0.6 is 0 Å². The first-order chi connectivity index (χ1) is 17.2. The number of hydrogen-bond acceptors (Lipinski definition) is 8. The highest BCUT2D eigenvalue weighted by Crippen LogP contribution is 2.33. The van der Waals surface area contributed by atoms with Crippen LogP contribution in [0, 0.1) is 5.92 Å². The summed E-state index contributed by atoms with van der Waals surface area (Å²) < 4.78 is 10.2. The molecule has 0 amide bonds. The number of benzene rings is 1. The number of aliphatic hydroxyl groups excluding tert-OH is 2. The molecule has 3 atom stereocenters. The molecule has 3 aromatic heterocycles. The van der Waals surface area contributed by atoms with Gasteiger partial charge in [-0.2, -0.15) is 4.98 Å². The van der Waals surface area contributed by atoms with E-state index in [-0.39, 0.29) is 18.8 Å². The second kappa shape index (κ2) is 9.18. The van der Waals surface area contributed by atoms with Crippen LogP contribution in [0.4, 0.5) is 5.95 Å². The van der Waals surface area contributed by atoms with Crippen molar-refractivity contribution in [3.05, 3.63) is 30.9 Å². The van der Waals surface area contributed by atoms with E-state index in [1.54, 1.807) is 6.33 Å². The minimum Gasteiger partial charge on any atom is -0.396 e. The van der Waals surface area contributed by atoms with Gasteiger partial charge in [-0.15, -0.1) is 0 Å². The number of anilines is 1. The first-order valence-corrected chi connectivity index (χ1v) is 12.5. The largest absolute Gasteiger partial charge is 0.396 e. The molecule has 0 radical (unpaired) electrons. The summed E-state index contributed by atoms with van der Waals surface area (Å²) in [5.74, 6) is 0.436. The lowest BCUT2D eigenvalue weighted by atomic mass is 9.95. The molecule has 5 heterocycles. The summed E-state index contributed by atoms with van der Waals surface area (Å²) in [6.07, 6.45) is 6.71. The number of ether oxygens (including phenoxy) is 1. The lowest BCUT2D eigenvalue weighted by Gasteiger charge is -2.35. The Balaban J connectivity index is 1.48. The number of aliphatic hydroxyl groups is 2. The van der Waals surface area contributed by atoms with Crippen LogP contribution in [-0.2, 0) is 11.3 Å². The van der Waals surface area contributed by atoms with Gasteiger partial charge in [0.25, 0.3) is 0 Å². The van der Waals surface area contributed by atoms with Gasteiger partial charge in [0.15, 0.2) is 5.65 Å². The van der Waals surface area contributed by atoms with Crippen molar-refractivity contribution in [1.82, 2.24) is 29.1 Å². The van der Waals surface area contributed by atoms with E-state index in [9.17, 15) is 10.2 Å². The van der Waals surface area contributed by atoms with Crippen molar-refractivity contribution in [2.45, 2.75) is 51.5 Å². The van der Waals surface area contributed by atoms with Crippen molar-refractivity contribution < 1.29 is 14.9 Å². The average Bonchev–Trinajstić information content (AvgIpc) is 3.52. The molecule has 0 saturated carbocycles. The molecule has 1 unspecified atom stereocenters. The number of hydrogen-bond donors (Lipinski definition) is 2. The van der Waals surface area contributed by atoms with Crippen LogP contribution in [0.25, 0.3) is 33.5 Å². The molecule has 35 heavy (non-hydrogen) atoms. The van der Waals surface area contributed by atoms with E-state index >= 15 is 0 Å². The third-order valence-corrected chi connectivity index (χ3v) is 7.35. The van der Waals surface area contributed by atoms with Crippen LogP contribution in [0.15, 0.2) is 30.9 Å². The van der Waals surface area contributed by atoms with Crippen molar-refractivity contribution in [3.8, 4) is 11.3 Å². The Bertz CT molecular complexity index is 1340. The number of imidazole rings is 2. The summed E-state index contributed by atoms with van der Waals surface area (Å²) in [6, 6.07) is 6.19. The SMILES string of the molecule is CCn1cnc2cc(-c3nc(N4CC[C@H](CO)[C@@H](O)C4)nc4c3ncn4C3CCCCO3)ccc21. The van der Waals surface area contributed by atoms with Crippen LogP contribution in [-0.4, -0.2) is 71.7 Å². The zero-order chi connectivity index (χ0) is 23.9. The highest BCUT2D eigenvalue weighted by molar-refractivity contribution is 5.91. The quantitative estimate of drug-likeness (QED) is 0.451. The van der Waals surface area contributed by atoms with Crippen LogP contribution in [0.3, 0.4) is 0 Å². The van der Waals surface area contributed by atoms with Crippen LogP contribution < -0.4 is 4.90 Å².